The Morgan fingerprint density at radius 2 is 1.88 bits per heavy atom. The number of carbonyl (C=O) groups is 4. The largest absolute Gasteiger partial charge is 0.489 e. The third-order valence-corrected chi connectivity index (χ3v) is 6.17. The highest BCUT2D eigenvalue weighted by molar-refractivity contribution is 6.05. The van der Waals surface area contributed by atoms with Gasteiger partial charge in [-0.15, -0.1) is 0 Å². The third-order valence-electron chi connectivity index (χ3n) is 6.17. The van der Waals surface area contributed by atoms with Gasteiger partial charge in [-0.1, -0.05) is 30.3 Å². The molecule has 2 aromatic rings. The summed E-state index contributed by atoms with van der Waals surface area (Å²) in [6, 6.07) is 12.0. The fourth-order valence-electron chi connectivity index (χ4n) is 4.33. The summed E-state index contributed by atoms with van der Waals surface area (Å²) in [7, 11) is 0. The van der Waals surface area contributed by atoms with Crippen LogP contribution in [0.25, 0.3) is 0 Å². The first-order valence-corrected chi connectivity index (χ1v) is 11.0. The van der Waals surface area contributed by atoms with Crippen LogP contribution in [0.4, 0.5) is 0 Å². The van der Waals surface area contributed by atoms with Gasteiger partial charge < -0.3 is 19.3 Å². The summed E-state index contributed by atoms with van der Waals surface area (Å²) in [5.41, 5.74) is 2.89. The van der Waals surface area contributed by atoms with Gasteiger partial charge in [0.1, 0.15) is 25.0 Å². The lowest BCUT2D eigenvalue weighted by Gasteiger charge is -2.29. The maximum absolute atomic E-state index is 13.0. The van der Waals surface area contributed by atoms with E-state index in [1.807, 2.05) is 24.3 Å². The molecule has 9 heteroatoms. The highest BCUT2D eigenvalue weighted by Gasteiger charge is 2.40. The van der Waals surface area contributed by atoms with Crippen LogP contribution in [0.2, 0.25) is 0 Å². The molecule has 3 aliphatic heterocycles. The van der Waals surface area contributed by atoms with Crippen molar-refractivity contribution in [3.63, 3.8) is 0 Å². The minimum Gasteiger partial charge on any atom is -0.489 e. The quantitative estimate of drug-likeness (QED) is 0.647. The fraction of sp³-hybridized carbons (Fsp3) is 0.360. The van der Waals surface area contributed by atoms with E-state index < -0.39 is 25.1 Å². The van der Waals surface area contributed by atoms with Crippen LogP contribution >= 0.6 is 0 Å². The molecule has 0 saturated carbocycles. The first kappa shape index (κ1) is 19.7. The molecule has 3 heterocycles. The maximum Gasteiger partial charge on any atom is 0.255 e. The molecule has 0 bridgehead atoms. The van der Waals surface area contributed by atoms with Crippen LogP contribution in [0.5, 0.6) is 5.75 Å². The molecular weight excluding hydrogens is 438 g/mol. The average Bonchev–Trinajstić information content (AvgIpc) is 3.20. The number of carbonyl (C=O) groups excluding carboxylic acids is 4. The van der Waals surface area contributed by atoms with Crippen molar-refractivity contribution < 1.29 is 31.4 Å². The van der Waals surface area contributed by atoms with Gasteiger partial charge in [0.15, 0.2) is 0 Å². The van der Waals surface area contributed by atoms with Gasteiger partial charge in [-0.3, -0.25) is 24.5 Å². The number of nitrogens with one attached hydrogen (secondary N) is 1. The van der Waals surface area contributed by atoms with E-state index in [0.717, 1.165) is 11.1 Å². The van der Waals surface area contributed by atoms with Crippen molar-refractivity contribution in [1.82, 2.24) is 15.1 Å². The Morgan fingerprint density at radius 3 is 2.68 bits per heavy atom. The minimum absolute atomic E-state index is 0.194. The summed E-state index contributed by atoms with van der Waals surface area (Å²) in [5, 5.41) is 2.30. The van der Waals surface area contributed by atoms with E-state index in [-0.39, 0.29) is 50.4 Å². The Bertz CT molecular complexity index is 1220. The molecule has 3 unspecified atom stereocenters. The first-order chi connectivity index (χ1) is 17.3. The number of fused-ring (bicyclic) bond motifs is 1. The smallest absolute Gasteiger partial charge is 0.255 e. The molecule has 4 amide bonds. The number of piperidine rings is 1. The second kappa shape index (κ2) is 9.26. The molecule has 0 spiro atoms. The van der Waals surface area contributed by atoms with Gasteiger partial charge in [-0.05, 0) is 29.7 Å². The molecule has 34 heavy (non-hydrogen) atoms. The molecule has 1 N–H and O–H groups in total. The van der Waals surface area contributed by atoms with E-state index in [4.69, 9.17) is 12.2 Å². The molecule has 2 aromatic carbocycles. The number of nitrogens with zero attached hydrogens (tertiary/aromatic N) is 2. The molecule has 3 atom stereocenters. The number of ether oxygens (including phenoxy) is 2. The topological polar surface area (TPSA) is 105 Å². The number of hydrogen-bond donors (Lipinski definition) is 1. The molecular formula is C25H25N3O6. The van der Waals surface area contributed by atoms with Gasteiger partial charge in [-0.2, -0.15) is 0 Å². The van der Waals surface area contributed by atoms with Crippen molar-refractivity contribution in [2.75, 3.05) is 19.7 Å². The van der Waals surface area contributed by atoms with Crippen LogP contribution in [0, 0.1) is 0 Å². The molecule has 2 fully saturated rings. The van der Waals surface area contributed by atoms with Gasteiger partial charge in [0.2, 0.25) is 17.7 Å². The lowest BCUT2D eigenvalue weighted by Crippen LogP contribution is -2.52. The molecule has 3 aliphatic rings. The summed E-state index contributed by atoms with van der Waals surface area (Å²) in [4.78, 5) is 51.6. The average molecular weight is 466 g/mol. The lowest BCUT2D eigenvalue weighted by atomic mass is 10.0. The predicted octanol–water partition coefficient (Wildman–Crippen LogP) is 1.39. The Balaban J connectivity index is 1.23. The zero-order valence-electron chi connectivity index (χ0n) is 20.4. The van der Waals surface area contributed by atoms with Crippen LogP contribution in [0.15, 0.2) is 42.5 Å². The molecule has 2 saturated heterocycles. The van der Waals surface area contributed by atoms with Gasteiger partial charge in [0.25, 0.3) is 5.91 Å². The highest BCUT2D eigenvalue weighted by Crippen LogP contribution is 2.34. The van der Waals surface area contributed by atoms with Crippen molar-refractivity contribution in [1.29, 1.82) is 0 Å². The SMILES string of the molecule is [2H]C1OCC(=O)N(Cc2ccc(COc3cccc4c3CN(C3CCC(=O)NC3=O)C4=O)cc2)C1[2H]. The number of imide groups is 1. The summed E-state index contributed by atoms with van der Waals surface area (Å²) in [5.74, 6) is -0.799. The molecule has 9 nitrogen and oxygen atoms in total. The van der Waals surface area contributed by atoms with Crippen molar-refractivity contribution in [2.24, 2.45) is 0 Å². The number of rotatable bonds is 6. The van der Waals surface area contributed by atoms with E-state index in [1.165, 1.54) is 9.80 Å². The molecule has 0 aromatic heterocycles. The van der Waals surface area contributed by atoms with Crippen LogP contribution in [0.3, 0.4) is 0 Å². The summed E-state index contributed by atoms with van der Waals surface area (Å²) in [6.45, 7) is -1.65. The number of benzene rings is 2. The number of morpholine rings is 1. The van der Waals surface area contributed by atoms with Crippen molar-refractivity contribution in [2.45, 2.75) is 38.6 Å². The monoisotopic (exact) mass is 465 g/mol. The Morgan fingerprint density at radius 1 is 1.09 bits per heavy atom. The second-order valence-corrected chi connectivity index (χ2v) is 8.41. The zero-order valence-corrected chi connectivity index (χ0v) is 18.4. The lowest BCUT2D eigenvalue weighted by molar-refractivity contribution is -0.143. The van der Waals surface area contributed by atoms with Crippen LogP contribution in [0.1, 0.15) is 42.6 Å². The Kier molecular flexibility index (Phi) is 5.37. The highest BCUT2D eigenvalue weighted by atomic mass is 16.5. The molecule has 5 rings (SSSR count). The third kappa shape index (κ3) is 4.38. The van der Waals surface area contributed by atoms with Gasteiger partial charge in [-0.25, -0.2) is 0 Å². The first-order valence-electron chi connectivity index (χ1n) is 12.2. The Labute approximate surface area is 199 Å². The van der Waals surface area contributed by atoms with E-state index >= 15 is 0 Å². The maximum atomic E-state index is 13.0. The van der Waals surface area contributed by atoms with Gasteiger partial charge in [0, 0.05) is 30.6 Å². The normalized spacial score (nSPS) is 25.6. The number of amides is 4. The van der Waals surface area contributed by atoms with Crippen molar-refractivity contribution >= 4 is 23.6 Å². The number of hydrogen-bond acceptors (Lipinski definition) is 6. The zero-order chi connectivity index (χ0) is 25.4. The van der Waals surface area contributed by atoms with Crippen LogP contribution < -0.4 is 10.1 Å². The van der Waals surface area contributed by atoms with Gasteiger partial charge in [0.05, 0.1) is 15.9 Å². The molecule has 176 valence electrons. The van der Waals surface area contributed by atoms with Gasteiger partial charge >= 0.3 is 0 Å². The van der Waals surface area contributed by atoms with Crippen LogP contribution in [-0.4, -0.2) is 59.2 Å². The molecule has 0 aliphatic carbocycles. The second-order valence-electron chi connectivity index (χ2n) is 8.41. The fourth-order valence-corrected chi connectivity index (χ4v) is 4.33. The van der Waals surface area contributed by atoms with E-state index in [0.29, 0.717) is 23.3 Å². The predicted molar refractivity (Wildman–Crippen MR) is 119 cm³/mol. The summed E-state index contributed by atoms with van der Waals surface area (Å²) in [6.07, 6.45) is 0.494. The van der Waals surface area contributed by atoms with Crippen molar-refractivity contribution in [3.8, 4) is 5.75 Å². The molecule has 0 radical (unpaired) electrons. The Hall–Kier alpha value is -3.72. The van der Waals surface area contributed by atoms with Crippen molar-refractivity contribution in [3.05, 3.63) is 64.7 Å². The minimum atomic E-state index is -1.08. The van der Waals surface area contributed by atoms with E-state index in [2.05, 4.69) is 5.32 Å². The summed E-state index contributed by atoms with van der Waals surface area (Å²) >= 11 is 0. The van der Waals surface area contributed by atoms with Crippen LogP contribution in [-0.2, 0) is 38.8 Å². The van der Waals surface area contributed by atoms with E-state index in [9.17, 15) is 19.2 Å². The van der Waals surface area contributed by atoms with E-state index in [1.54, 1.807) is 18.2 Å². The summed E-state index contributed by atoms with van der Waals surface area (Å²) < 4.78 is 26.7. The standard InChI is InChI=1S/C25H25N3O6/c29-22-9-8-20(24(31)26-22)28-13-19-18(25(28)32)2-1-3-21(19)34-14-17-6-4-16(5-7-17)12-27-10-11-33-15-23(27)30/h1-7,20H,8-15H2,(H,26,29,31)/i10D,11D.